The molecule has 0 bridgehead atoms. The van der Waals surface area contributed by atoms with E-state index in [2.05, 4.69) is 4.90 Å². The number of carbonyl (C=O) groups is 1. The number of ether oxygens (including phenoxy) is 1. The lowest BCUT2D eigenvalue weighted by atomic mass is 10.1. The Bertz CT molecular complexity index is 1530. The predicted molar refractivity (Wildman–Crippen MR) is 137 cm³/mol. The molecule has 3 heterocycles. The summed E-state index contributed by atoms with van der Waals surface area (Å²) in [6, 6.07) is 16.9. The van der Waals surface area contributed by atoms with Crippen LogP contribution >= 0.6 is 0 Å². The van der Waals surface area contributed by atoms with Gasteiger partial charge >= 0.3 is 5.69 Å². The van der Waals surface area contributed by atoms with Crippen LogP contribution in [0.15, 0.2) is 64.2 Å². The first kappa shape index (κ1) is 23.4. The number of hydrogen-bond acceptors (Lipinski definition) is 6. The fourth-order valence-electron chi connectivity index (χ4n) is 4.62. The van der Waals surface area contributed by atoms with Gasteiger partial charge in [0.05, 0.1) is 13.7 Å². The molecule has 0 atom stereocenters. The minimum Gasteiger partial charge on any atom is -0.497 e. The number of aryl methyl sites for hydroxylation is 1. The van der Waals surface area contributed by atoms with Gasteiger partial charge in [-0.3, -0.25) is 23.3 Å². The monoisotopic (exact) mass is 488 g/mol. The maximum atomic E-state index is 13.2. The Morgan fingerprint density at radius 3 is 2.22 bits per heavy atom. The van der Waals surface area contributed by atoms with E-state index in [1.807, 2.05) is 39.8 Å². The minimum absolute atomic E-state index is 0.0358. The number of rotatable bonds is 5. The van der Waals surface area contributed by atoms with Crippen molar-refractivity contribution in [2.45, 2.75) is 6.54 Å². The van der Waals surface area contributed by atoms with Gasteiger partial charge in [0.1, 0.15) is 5.75 Å². The van der Waals surface area contributed by atoms with E-state index in [9.17, 15) is 14.4 Å². The molecule has 4 aromatic rings. The molecule has 1 saturated heterocycles. The number of hydrogen-bond donors (Lipinski definition) is 0. The van der Waals surface area contributed by atoms with Crippen LogP contribution in [0.25, 0.3) is 11.2 Å². The molecular weight excluding hydrogens is 460 g/mol. The lowest BCUT2D eigenvalue weighted by Crippen LogP contribution is -2.49. The molecule has 1 fully saturated rings. The molecule has 186 valence electrons. The molecule has 0 radical (unpaired) electrons. The molecule has 0 saturated carbocycles. The highest BCUT2D eigenvalue weighted by molar-refractivity contribution is 5.94. The first-order valence-electron chi connectivity index (χ1n) is 11.8. The third kappa shape index (κ3) is 4.04. The topological polar surface area (TPSA) is 94.6 Å². The van der Waals surface area contributed by atoms with Gasteiger partial charge in [0.15, 0.2) is 11.2 Å². The summed E-state index contributed by atoms with van der Waals surface area (Å²) in [5.41, 5.74) is 1.57. The number of aromatic nitrogens is 4. The Labute approximate surface area is 207 Å². The number of benzene rings is 2. The summed E-state index contributed by atoms with van der Waals surface area (Å²) in [4.78, 5) is 47.4. The lowest BCUT2D eigenvalue weighted by Gasteiger charge is -2.35. The zero-order valence-corrected chi connectivity index (χ0v) is 20.5. The van der Waals surface area contributed by atoms with Gasteiger partial charge in [-0.25, -0.2) is 4.79 Å². The van der Waals surface area contributed by atoms with Crippen molar-refractivity contribution < 1.29 is 9.53 Å². The summed E-state index contributed by atoms with van der Waals surface area (Å²) in [7, 11) is 4.70. The number of amides is 1. The standard InChI is InChI=1S/C26H28N6O4/c1-28-22-21(24(34)29(2)26(28)35)32(17-18-7-5-4-6-8-18)25(27-22)31-15-13-30(14-16-31)23(33)19-9-11-20(36-3)12-10-19/h4-12H,13-17H2,1-3H3. The van der Waals surface area contributed by atoms with Crippen molar-refractivity contribution in [3.8, 4) is 5.75 Å². The van der Waals surface area contributed by atoms with Crippen LogP contribution in [-0.2, 0) is 20.6 Å². The van der Waals surface area contributed by atoms with Crippen LogP contribution in [0.3, 0.4) is 0 Å². The first-order valence-corrected chi connectivity index (χ1v) is 11.8. The van der Waals surface area contributed by atoms with Gasteiger partial charge in [0.2, 0.25) is 5.95 Å². The fraction of sp³-hybridized carbons (Fsp3) is 0.308. The van der Waals surface area contributed by atoms with Crippen molar-refractivity contribution in [2.75, 3.05) is 38.2 Å². The van der Waals surface area contributed by atoms with Crippen molar-refractivity contribution >= 4 is 23.0 Å². The average molecular weight is 489 g/mol. The third-order valence-corrected chi connectivity index (χ3v) is 6.70. The Morgan fingerprint density at radius 2 is 1.58 bits per heavy atom. The molecule has 10 heteroatoms. The molecular formula is C26H28N6O4. The van der Waals surface area contributed by atoms with Crippen LogP contribution < -0.4 is 20.9 Å². The molecule has 1 aliphatic rings. The predicted octanol–water partition coefficient (Wildman–Crippen LogP) is 1.45. The second kappa shape index (κ2) is 9.37. The number of fused-ring (bicyclic) bond motifs is 1. The zero-order valence-electron chi connectivity index (χ0n) is 20.5. The normalized spacial score (nSPS) is 13.9. The smallest absolute Gasteiger partial charge is 0.332 e. The number of carbonyl (C=O) groups excluding carboxylic acids is 1. The summed E-state index contributed by atoms with van der Waals surface area (Å²) >= 11 is 0. The van der Waals surface area contributed by atoms with E-state index in [0.29, 0.717) is 61.1 Å². The molecule has 5 rings (SSSR count). The van der Waals surface area contributed by atoms with Crippen molar-refractivity contribution in [3.63, 3.8) is 0 Å². The quantitative estimate of drug-likeness (QED) is 0.422. The summed E-state index contributed by atoms with van der Waals surface area (Å²) in [5, 5.41) is 0. The lowest BCUT2D eigenvalue weighted by molar-refractivity contribution is 0.0746. The second-order valence-corrected chi connectivity index (χ2v) is 8.87. The number of piperazine rings is 1. The molecule has 10 nitrogen and oxygen atoms in total. The Kier molecular flexibility index (Phi) is 6.09. The van der Waals surface area contributed by atoms with E-state index in [4.69, 9.17) is 9.72 Å². The van der Waals surface area contributed by atoms with Crippen LogP contribution in [-0.4, -0.2) is 62.8 Å². The van der Waals surface area contributed by atoms with Crippen LogP contribution in [0.5, 0.6) is 5.75 Å². The number of methoxy groups -OCH3 is 1. The van der Waals surface area contributed by atoms with Gasteiger partial charge in [-0.1, -0.05) is 30.3 Å². The van der Waals surface area contributed by atoms with Crippen LogP contribution in [0.2, 0.25) is 0 Å². The average Bonchev–Trinajstić information content (AvgIpc) is 3.30. The SMILES string of the molecule is COc1ccc(C(=O)N2CCN(c3nc4c(c(=O)n(C)c(=O)n4C)n3Cc3ccccc3)CC2)cc1. The van der Waals surface area contributed by atoms with Gasteiger partial charge < -0.3 is 14.5 Å². The fourth-order valence-corrected chi connectivity index (χ4v) is 4.62. The van der Waals surface area contributed by atoms with Crippen molar-refractivity contribution in [2.24, 2.45) is 14.1 Å². The Balaban J connectivity index is 1.47. The molecule has 0 spiro atoms. The van der Waals surface area contributed by atoms with E-state index < -0.39 is 5.69 Å². The zero-order chi connectivity index (χ0) is 25.4. The highest BCUT2D eigenvalue weighted by Crippen LogP contribution is 2.23. The summed E-state index contributed by atoms with van der Waals surface area (Å²) in [6.07, 6.45) is 0. The third-order valence-electron chi connectivity index (χ3n) is 6.70. The summed E-state index contributed by atoms with van der Waals surface area (Å²) in [6.45, 7) is 2.56. The maximum Gasteiger partial charge on any atom is 0.332 e. The molecule has 2 aromatic carbocycles. The number of anilines is 1. The molecule has 0 aliphatic carbocycles. The highest BCUT2D eigenvalue weighted by atomic mass is 16.5. The molecule has 36 heavy (non-hydrogen) atoms. The van der Waals surface area contributed by atoms with Crippen LogP contribution in [0, 0.1) is 0 Å². The molecule has 2 aromatic heterocycles. The van der Waals surface area contributed by atoms with E-state index in [0.717, 1.165) is 10.1 Å². The maximum absolute atomic E-state index is 13.2. The van der Waals surface area contributed by atoms with Gasteiger partial charge in [0, 0.05) is 45.8 Å². The van der Waals surface area contributed by atoms with Crippen LogP contribution in [0.1, 0.15) is 15.9 Å². The molecule has 0 unspecified atom stereocenters. The van der Waals surface area contributed by atoms with Gasteiger partial charge in [-0.15, -0.1) is 0 Å². The Hall–Kier alpha value is -4.34. The van der Waals surface area contributed by atoms with Crippen molar-refractivity contribution in [1.82, 2.24) is 23.6 Å². The van der Waals surface area contributed by atoms with E-state index in [-0.39, 0.29) is 11.5 Å². The number of imidazole rings is 1. The summed E-state index contributed by atoms with van der Waals surface area (Å²) in [5.74, 6) is 1.28. The molecule has 1 aliphatic heterocycles. The van der Waals surface area contributed by atoms with Crippen LogP contribution in [0.4, 0.5) is 5.95 Å². The second-order valence-electron chi connectivity index (χ2n) is 8.87. The first-order chi connectivity index (χ1) is 17.4. The van der Waals surface area contributed by atoms with Crippen molar-refractivity contribution in [3.05, 3.63) is 86.6 Å². The highest BCUT2D eigenvalue weighted by Gasteiger charge is 2.27. The van der Waals surface area contributed by atoms with Gasteiger partial charge in [0.25, 0.3) is 11.5 Å². The van der Waals surface area contributed by atoms with E-state index in [1.165, 1.54) is 11.6 Å². The number of nitrogens with zero attached hydrogens (tertiary/aromatic N) is 6. The largest absolute Gasteiger partial charge is 0.497 e. The van der Waals surface area contributed by atoms with E-state index in [1.54, 1.807) is 38.4 Å². The van der Waals surface area contributed by atoms with Crippen molar-refractivity contribution in [1.29, 1.82) is 0 Å². The summed E-state index contributed by atoms with van der Waals surface area (Å²) < 4.78 is 9.58. The Morgan fingerprint density at radius 1 is 0.917 bits per heavy atom. The molecule has 0 N–H and O–H groups in total. The van der Waals surface area contributed by atoms with Gasteiger partial charge in [-0.2, -0.15) is 4.98 Å². The minimum atomic E-state index is -0.418. The van der Waals surface area contributed by atoms with E-state index >= 15 is 0 Å². The molecule has 1 amide bonds. The van der Waals surface area contributed by atoms with Gasteiger partial charge in [-0.05, 0) is 29.8 Å².